The summed E-state index contributed by atoms with van der Waals surface area (Å²) in [6.45, 7) is 8.67. The molecule has 1 saturated heterocycles. The third-order valence-electron chi connectivity index (χ3n) is 3.60. The van der Waals surface area contributed by atoms with Crippen LogP contribution in [0.5, 0.6) is 0 Å². The molecule has 1 heterocycles. The Morgan fingerprint density at radius 3 is 2.44 bits per heavy atom. The van der Waals surface area contributed by atoms with Crippen molar-refractivity contribution in [2.24, 2.45) is 0 Å². The van der Waals surface area contributed by atoms with Gasteiger partial charge in [0.1, 0.15) is 0 Å². The number of anilines is 1. The lowest BCUT2D eigenvalue weighted by atomic mass is 10.1. The number of piperazine rings is 1. The van der Waals surface area contributed by atoms with Gasteiger partial charge < -0.3 is 10.0 Å². The summed E-state index contributed by atoms with van der Waals surface area (Å²) in [5, 5.41) is 10.1. The maximum Gasteiger partial charge on any atom is 0.0702 e. The molecule has 1 aliphatic rings. The predicted octanol–water partition coefficient (Wildman–Crippen LogP) is 2.36. The van der Waals surface area contributed by atoms with E-state index in [1.807, 2.05) is 18.2 Å². The summed E-state index contributed by atoms with van der Waals surface area (Å²) < 4.78 is 0. The number of hydrogen-bond donors (Lipinski definition) is 1. The number of rotatable bonds is 3. The molecule has 1 aromatic rings. The maximum absolute atomic E-state index is 9.42. The van der Waals surface area contributed by atoms with Crippen LogP contribution < -0.4 is 4.90 Å². The molecule has 0 radical (unpaired) electrons. The van der Waals surface area contributed by atoms with Gasteiger partial charge in [-0.1, -0.05) is 11.6 Å². The zero-order valence-electron chi connectivity index (χ0n) is 11.1. The van der Waals surface area contributed by atoms with Crippen molar-refractivity contribution in [3.05, 3.63) is 28.8 Å². The first kappa shape index (κ1) is 13.7. The zero-order valence-corrected chi connectivity index (χ0v) is 11.8. The van der Waals surface area contributed by atoms with Gasteiger partial charge in [0.05, 0.1) is 6.61 Å². The Bertz CT molecular complexity index is 401. The van der Waals surface area contributed by atoms with E-state index in [2.05, 4.69) is 23.6 Å². The average molecular weight is 269 g/mol. The van der Waals surface area contributed by atoms with E-state index >= 15 is 0 Å². The van der Waals surface area contributed by atoms with Gasteiger partial charge in [-0.2, -0.15) is 0 Å². The Morgan fingerprint density at radius 2 is 1.89 bits per heavy atom. The molecule has 1 aliphatic heterocycles. The largest absolute Gasteiger partial charge is 0.392 e. The molecule has 0 atom stereocenters. The monoisotopic (exact) mass is 268 g/mol. The first-order valence-corrected chi connectivity index (χ1v) is 6.88. The lowest BCUT2D eigenvalue weighted by molar-refractivity contribution is 0.209. The van der Waals surface area contributed by atoms with E-state index in [0.717, 1.165) is 37.4 Å². The second kappa shape index (κ2) is 5.91. The first-order chi connectivity index (χ1) is 8.61. The van der Waals surface area contributed by atoms with Crippen LogP contribution in [0.2, 0.25) is 5.02 Å². The molecule has 18 heavy (non-hydrogen) atoms. The van der Waals surface area contributed by atoms with Crippen molar-refractivity contribution < 1.29 is 5.11 Å². The van der Waals surface area contributed by atoms with Crippen LogP contribution in [0.3, 0.4) is 0 Å². The predicted molar refractivity (Wildman–Crippen MR) is 76.3 cm³/mol. The summed E-state index contributed by atoms with van der Waals surface area (Å²) >= 11 is 5.96. The van der Waals surface area contributed by atoms with Gasteiger partial charge in [-0.15, -0.1) is 0 Å². The van der Waals surface area contributed by atoms with Crippen LogP contribution in [0.15, 0.2) is 18.2 Å². The molecule has 0 bridgehead atoms. The van der Waals surface area contributed by atoms with Crippen molar-refractivity contribution in [3.63, 3.8) is 0 Å². The number of aliphatic hydroxyl groups excluding tert-OH is 1. The molecule has 2 rings (SSSR count). The minimum absolute atomic E-state index is 0.0420. The molecular weight excluding hydrogens is 248 g/mol. The molecule has 0 amide bonds. The average Bonchev–Trinajstić information content (AvgIpc) is 2.38. The van der Waals surface area contributed by atoms with E-state index in [9.17, 15) is 5.11 Å². The Morgan fingerprint density at radius 1 is 1.22 bits per heavy atom. The highest BCUT2D eigenvalue weighted by molar-refractivity contribution is 6.30. The van der Waals surface area contributed by atoms with Crippen molar-refractivity contribution in [3.8, 4) is 0 Å². The van der Waals surface area contributed by atoms with Crippen LogP contribution in [0.1, 0.15) is 19.4 Å². The van der Waals surface area contributed by atoms with Crippen molar-refractivity contribution in [2.75, 3.05) is 31.1 Å². The highest BCUT2D eigenvalue weighted by Crippen LogP contribution is 2.25. The van der Waals surface area contributed by atoms with E-state index < -0.39 is 0 Å². The topological polar surface area (TPSA) is 26.7 Å². The van der Waals surface area contributed by atoms with Gasteiger partial charge >= 0.3 is 0 Å². The van der Waals surface area contributed by atoms with Gasteiger partial charge in [-0.3, -0.25) is 4.90 Å². The molecule has 1 fully saturated rings. The van der Waals surface area contributed by atoms with E-state index in [4.69, 9.17) is 11.6 Å². The van der Waals surface area contributed by atoms with Crippen LogP contribution in [-0.4, -0.2) is 42.2 Å². The van der Waals surface area contributed by atoms with Crippen LogP contribution in [0.25, 0.3) is 0 Å². The number of hydrogen-bond acceptors (Lipinski definition) is 3. The van der Waals surface area contributed by atoms with Gasteiger partial charge in [0, 0.05) is 48.5 Å². The van der Waals surface area contributed by atoms with Crippen LogP contribution in [0, 0.1) is 0 Å². The van der Waals surface area contributed by atoms with Crippen molar-refractivity contribution >= 4 is 17.3 Å². The summed E-state index contributed by atoms with van der Waals surface area (Å²) in [5.74, 6) is 0. The minimum atomic E-state index is 0.0420. The van der Waals surface area contributed by atoms with Gasteiger partial charge in [0.15, 0.2) is 0 Å². The number of benzene rings is 1. The zero-order chi connectivity index (χ0) is 13.1. The maximum atomic E-state index is 9.42. The normalized spacial score (nSPS) is 17.5. The molecule has 100 valence electrons. The SMILES string of the molecule is CC(C)N1CCN(c2ccc(Cl)cc2CO)CC1. The van der Waals surface area contributed by atoms with Gasteiger partial charge in [-0.05, 0) is 32.0 Å². The van der Waals surface area contributed by atoms with Crippen LogP contribution >= 0.6 is 11.6 Å². The number of halogens is 1. The summed E-state index contributed by atoms with van der Waals surface area (Å²) in [4.78, 5) is 4.81. The molecule has 4 heteroatoms. The number of aliphatic hydroxyl groups is 1. The molecule has 1 aromatic carbocycles. The summed E-state index contributed by atoms with van der Waals surface area (Å²) in [7, 11) is 0. The fourth-order valence-corrected chi connectivity index (χ4v) is 2.66. The van der Waals surface area contributed by atoms with E-state index in [0.29, 0.717) is 11.1 Å². The molecule has 1 N–H and O–H groups in total. The van der Waals surface area contributed by atoms with E-state index in [1.54, 1.807) is 0 Å². The Hall–Kier alpha value is -0.770. The molecule has 0 aliphatic carbocycles. The first-order valence-electron chi connectivity index (χ1n) is 6.50. The van der Waals surface area contributed by atoms with E-state index in [-0.39, 0.29) is 6.61 Å². The fourth-order valence-electron chi connectivity index (χ4n) is 2.47. The van der Waals surface area contributed by atoms with Gasteiger partial charge in [-0.25, -0.2) is 0 Å². The molecule has 0 spiro atoms. The Labute approximate surface area is 114 Å². The molecule has 3 nitrogen and oxygen atoms in total. The third kappa shape index (κ3) is 2.97. The highest BCUT2D eigenvalue weighted by Gasteiger charge is 2.20. The second-order valence-corrected chi connectivity index (χ2v) is 5.48. The minimum Gasteiger partial charge on any atom is -0.392 e. The third-order valence-corrected chi connectivity index (χ3v) is 3.83. The van der Waals surface area contributed by atoms with Gasteiger partial charge in [0.25, 0.3) is 0 Å². The Kier molecular flexibility index (Phi) is 4.49. The van der Waals surface area contributed by atoms with Crippen LogP contribution in [-0.2, 0) is 6.61 Å². The summed E-state index contributed by atoms with van der Waals surface area (Å²) in [5.41, 5.74) is 2.03. The summed E-state index contributed by atoms with van der Waals surface area (Å²) in [6, 6.07) is 6.37. The Balaban J connectivity index is 2.09. The van der Waals surface area contributed by atoms with Crippen molar-refractivity contribution in [2.45, 2.75) is 26.5 Å². The smallest absolute Gasteiger partial charge is 0.0702 e. The highest BCUT2D eigenvalue weighted by atomic mass is 35.5. The lowest BCUT2D eigenvalue weighted by Crippen LogP contribution is -2.49. The van der Waals surface area contributed by atoms with Crippen molar-refractivity contribution in [1.29, 1.82) is 0 Å². The van der Waals surface area contributed by atoms with Crippen LogP contribution in [0.4, 0.5) is 5.69 Å². The molecule has 0 saturated carbocycles. The summed E-state index contributed by atoms with van der Waals surface area (Å²) in [6.07, 6.45) is 0. The van der Waals surface area contributed by atoms with Crippen molar-refractivity contribution in [1.82, 2.24) is 4.90 Å². The standard InChI is InChI=1S/C14H21ClN2O/c1-11(2)16-5-7-17(8-6-16)14-4-3-13(15)9-12(14)10-18/h3-4,9,11,18H,5-8,10H2,1-2H3. The molecule has 0 unspecified atom stereocenters. The lowest BCUT2D eigenvalue weighted by Gasteiger charge is -2.38. The molecular formula is C14H21ClN2O. The number of nitrogens with zero attached hydrogens (tertiary/aromatic N) is 2. The quantitative estimate of drug-likeness (QED) is 0.912. The second-order valence-electron chi connectivity index (χ2n) is 5.05. The fraction of sp³-hybridized carbons (Fsp3) is 0.571. The van der Waals surface area contributed by atoms with E-state index in [1.165, 1.54) is 0 Å². The molecule has 0 aromatic heterocycles. The van der Waals surface area contributed by atoms with Gasteiger partial charge in [0.2, 0.25) is 0 Å².